The van der Waals surface area contributed by atoms with Crippen LogP contribution in [0, 0.1) is 0 Å². The molecule has 2 aromatic rings. The lowest BCUT2D eigenvalue weighted by atomic mass is 10.1. The zero-order valence-electron chi connectivity index (χ0n) is 11.9. The standard InChI is InChI=1S/C14H19N5O/c1-9(2)12-4-10(5-13(15-3)19-12)14(20)17-7-11-6-16-8-18-11/h4-6,8-9H,7H2,1-3H3,(H,15,19)(H,16,18)(H,17,20). The van der Waals surface area contributed by atoms with Crippen molar-refractivity contribution in [2.45, 2.75) is 26.3 Å². The predicted molar refractivity (Wildman–Crippen MR) is 77.6 cm³/mol. The van der Waals surface area contributed by atoms with E-state index in [9.17, 15) is 4.79 Å². The van der Waals surface area contributed by atoms with Crippen molar-refractivity contribution < 1.29 is 4.79 Å². The maximum atomic E-state index is 12.2. The Bertz CT molecular complexity index is 577. The van der Waals surface area contributed by atoms with Gasteiger partial charge in [-0.1, -0.05) is 13.8 Å². The van der Waals surface area contributed by atoms with Crippen molar-refractivity contribution in [3.63, 3.8) is 0 Å². The highest BCUT2D eigenvalue weighted by Crippen LogP contribution is 2.17. The summed E-state index contributed by atoms with van der Waals surface area (Å²) < 4.78 is 0. The Morgan fingerprint density at radius 3 is 2.80 bits per heavy atom. The van der Waals surface area contributed by atoms with Gasteiger partial charge in [-0.25, -0.2) is 9.97 Å². The van der Waals surface area contributed by atoms with Crippen LogP contribution < -0.4 is 10.6 Å². The Hall–Kier alpha value is -2.37. The van der Waals surface area contributed by atoms with Crippen LogP contribution in [-0.2, 0) is 6.54 Å². The summed E-state index contributed by atoms with van der Waals surface area (Å²) in [4.78, 5) is 23.5. The van der Waals surface area contributed by atoms with Crippen LogP contribution in [0.3, 0.4) is 0 Å². The Balaban J connectivity index is 2.14. The Morgan fingerprint density at radius 1 is 1.40 bits per heavy atom. The average molecular weight is 273 g/mol. The van der Waals surface area contributed by atoms with Crippen molar-refractivity contribution in [1.82, 2.24) is 20.3 Å². The highest BCUT2D eigenvalue weighted by atomic mass is 16.1. The van der Waals surface area contributed by atoms with Crippen LogP contribution in [-0.4, -0.2) is 27.9 Å². The molecule has 0 atom stereocenters. The molecular weight excluding hydrogens is 254 g/mol. The van der Waals surface area contributed by atoms with E-state index < -0.39 is 0 Å². The molecule has 0 aliphatic carbocycles. The first-order valence-corrected chi connectivity index (χ1v) is 6.55. The van der Waals surface area contributed by atoms with Gasteiger partial charge in [-0.3, -0.25) is 4.79 Å². The van der Waals surface area contributed by atoms with Crippen LogP contribution in [0.1, 0.15) is 41.5 Å². The summed E-state index contributed by atoms with van der Waals surface area (Å²) in [6.45, 7) is 4.52. The lowest BCUT2D eigenvalue weighted by Gasteiger charge is -2.11. The molecule has 0 saturated carbocycles. The third-order valence-electron chi connectivity index (χ3n) is 2.95. The summed E-state index contributed by atoms with van der Waals surface area (Å²) in [5, 5.41) is 5.83. The number of hydrogen-bond acceptors (Lipinski definition) is 4. The molecule has 6 heteroatoms. The molecule has 0 aromatic carbocycles. The number of nitrogens with zero attached hydrogens (tertiary/aromatic N) is 2. The molecule has 0 saturated heterocycles. The summed E-state index contributed by atoms with van der Waals surface area (Å²) in [5.74, 6) is 0.839. The van der Waals surface area contributed by atoms with Gasteiger partial charge in [-0.15, -0.1) is 0 Å². The molecule has 6 nitrogen and oxygen atoms in total. The number of imidazole rings is 1. The van der Waals surface area contributed by atoms with Gasteiger partial charge in [0.05, 0.1) is 18.6 Å². The van der Waals surface area contributed by atoms with Crippen LogP contribution in [0.25, 0.3) is 0 Å². The second-order valence-electron chi connectivity index (χ2n) is 4.83. The maximum Gasteiger partial charge on any atom is 0.251 e. The fourth-order valence-corrected chi connectivity index (χ4v) is 1.77. The lowest BCUT2D eigenvalue weighted by Crippen LogP contribution is -2.23. The number of rotatable bonds is 5. The molecule has 0 radical (unpaired) electrons. The number of amides is 1. The van der Waals surface area contributed by atoms with E-state index in [1.807, 2.05) is 19.9 Å². The highest BCUT2D eigenvalue weighted by molar-refractivity contribution is 5.95. The molecule has 3 N–H and O–H groups in total. The topological polar surface area (TPSA) is 82.7 Å². The van der Waals surface area contributed by atoms with Crippen LogP contribution in [0.2, 0.25) is 0 Å². The Morgan fingerprint density at radius 2 is 2.20 bits per heavy atom. The van der Waals surface area contributed by atoms with Crippen molar-refractivity contribution in [2.75, 3.05) is 12.4 Å². The van der Waals surface area contributed by atoms with Gasteiger partial charge in [-0.05, 0) is 18.1 Å². The first kappa shape index (κ1) is 14.0. The maximum absolute atomic E-state index is 12.2. The molecule has 0 aliphatic rings. The minimum atomic E-state index is -0.125. The summed E-state index contributed by atoms with van der Waals surface area (Å²) in [6.07, 6.45) is 3.27. The molecule has 2 heterocycles. The predicted octanol–water partition coefficient (Wildman–Crippen LogP) is 1.90. The molecule has 0 aliphatic heterocycles. The second-order valence-corrected chi connectivity index (χ2v) is 4.83. The molecule has 20 heavy (non-hydrogen) atoms. The first-order chi connectivity index (χ1) is 9.60. The molecule has 106 valence electrons. The normalized spacial score (nSPS) is 10.6. The van der Waals surface area contributed by atoms with Gasteiger partial charge in [0.15, 0.2) is 0 Å². The molecule has 0 unspecified atom stereocenters. The van der Waals surface area contributed by atoms with E-state index in [1.165, 1.54) is 0 Å². The van der Waals surface area contributed by atoms with E-state index in [-0.39, 0.29) is 11.8 Å². The molecule has 0 bridgehead atoms. The Labute approximate surface area is 118 Å². The average Bonchev–Trinajstić information content (AvgIpc) is 2.97. The fraction of sp³-hybridized carbons (Fsp3) is 0.357. The number of anilines is 1. The molecular formula is C14H19N5O. The summed E-state index contributed by atoms with van der Waals surface area (Å²) >= 11 is 0. The van der Waals surface area contributed by atoms with E-state index in [0.29, 0.717) is 17.9 Å². The largest absolute Gasteiger partial charge is 0.373 e. The van der Waals surface area contributed by atoms with Crippen LogP contribution in [0.4, 0.5) is 5.82 Å². The minimum absolute atomic E-state index is 0.125. The molecule has 1 amide bonds. The second kappa shape index (κ2) is 6.18. The van der Waals surface area contributed by atoms with Crippen molar-refractivity contribution in [1.29, 1.82) is 0 Å². The monoisotopic (exact) mass is 273 g/mol. The summed E-state index contributed by atoms with van der Waals surface area (Å²) in [6, 6.07) is 3.57. The van der Waals surface area contributed by atoms with Crippen LogP contribution >= 0.6 is 0 Å². The molecule has 2 aromatic heterocycles. The summed E-state index contributed by atoms with van der Waals surface area (Å²) in [7, 11) is 1.79. The third kappa shape index (κ3) is 3.34. The van der Waals surface area contributed by atoms with Crippen molar-refractivity contribution in [3.05, 3.63) is 41.6 Å². The SMILES string of the molecule is CNc1cc(C(=O)NCc2cnc[nH]2)cc(C(C)C)n1. The van der Waals surface area contributed by atoms with Crippen LogP contribution in [0.15, 0.2) is 24.7 Å². The van der Waals surface area contributed by atoms with Gasteiger partial charge in [0.25, 0.3) is 5.91 Å². The van der Waals surface area contributed by atoms with E-state index in [0.717, 1.165) is 11.4 Å². The number of pyridine rings is 1. The van der Waals surface area contributed by atoms with Crippen molar-refractivity contribution >= 4 is 11.7 Å². The fourth-order valence-electron chi connectivity index (χ4n) is 1.77. The van der Waals surface area contributed by atoms with Gasteiger partial charge in [0, 0.05) is 24.5 Å². The van der Waals surface area contributed by atoms with Crippen molar-refractivity contribution in [3.8, 4) is 0 Å². The van der Waals surface area contributed by atoms with Crippen molar-refractivity contribution in [2.24, 2.45) is 0 Å². The Kier molecular flexibility index (Phi) is 4.34. The van der Waals surface area contributed by atoms with Gasteiger partial charge in [-0.2, -0.15) is 0 Å². The van der Waals surface area contributed by atoms with Gasteiger partial charge in [0.2, 0.25) is 0 Å². The highest BCUT2D eigenvalue weighted by Gasteiger charge is 2.11. The third-order valence-corrected chi connectivity index (χ3v) is 2.95. The van der Waals surface area contributed by atoms with E-state index in [2.05, 4.69) is 25.6 Å². The number of aromatic nitrogens is 3. The smallest absolute Gasteiger partial charge is 0.251 e. The molecule has 2 rings (SSSR count). The van der Waals surface area contributed by atoms with E-state index in [4.69, 9.17) is 0 Å². The number of carbonyl (C=O) groups is 1. The number of nitrogens with one attached hydrogen (secondary N) is 3. The number of hydrogen-bond donors (Lipinski definition) is 3. The van der Waals surface area contributed by atoms with Gasteiger partial charge >= 0.3 is 0 Å². The first-order valence-electron chi connectivity index (χ1n) is 6.55. The zero-order chi connectivity index (χ0) is 14.5. The molecule has 0 fully saturated rings. The van der Waals surface area contributed by atoms with Gasteiger partial charge < -0.3 is 15.6 Å². The summed E-state index contributed by atoms with van der Waals surface area (Å²) in [5.41, 5.74) is 2.36. The zero-order valence-corrected chi connectivity index (χ0v) is 11.9. The van der Waals surface area contributed by atoms with Gasteiger partial charge in [0.1, 0.15) is 5.82 Å². The quantitative estimate of drug-likeness (QED) is 0.777. The molecule has 0 spiro atoms. The number of carbonyl (C=O) groups excluding carboxylic acids is 1. The van der Waals surface area contributed by atoms with E-state index >= 15 is 0 Å². The van der Waals surface area contributed by atoms with Crippen LogP contribution in [0.5, 0.6) is 0 Å². The minimum Gasteiger partial charge on any atom is -0.373 e. The lowest BCUT2D eigenvalue weighted by molar-refractivity contribution is 0.0950. The van der Waals surface area contributed by atoms with E-state index in [1.54, 1.807) is 25.6 Å². The number of aromatic amines is 1. The number of H-pyrrole nitrogens is 1.